The molecule has 0 saturated heterocycles. The zero-order valence-electron chi connectivity index (χ0n) is 13.7. The Hall–Kier alpha value is -2.30. The molecule has 0 spiro atoms. The van der Waals surface area contributed by atoms with Gasteiger partial charge in [0.1, 0.15) is 0 Å². The molecule has 2 aromatic rings. The predicted molar refractivity (Wildman–Crippen MR) is 87.3 cm³/mol. The zero-order valence-corrected chi connectivity index (χ0v) is 13.7. The van der Waals surface area contributed by atoms with Gasteiger partial charge in [0.25, 0.3) is 0 Å². The van der Waals surface area contributed by atoms with Gasteiger partial charge in [-0.05, 0) is 31.0 Å². The van der Waals surface area contributed by atoms with Gasteiger partial charge in [-0.2, -0.15) is 13.2 Å². The lowest BCUT2D eigenvalue weighted by atomic mass is 10.1. The van der Waals surface area contributed by atoms with Crippen molar-refractivity contribution in [2.45, 2.75) is 39.0 Å². The van der Waals surface area contributed by atoms with Crippen molar-refractivity contribution in [2.24, 2.45) is 0 Å². The summed E-state index contributed by atoms with van der Waals surface area (Å²) < 4.78 is 38.4. The Kier molecular flexibility index (Phi) is 5.65. The first-order chi connectivity index (χ1) is 11.3. The average molecular weight is 335 g/mol. The highest BCUT2D eigenvalue weighted by Crippen LogP contribution is 2.29. The maximum Gasteiger partial charge on any atom is 0.416 e. The summed E-state index contributed by atoms with van der Waals surface area (Å²) in [7, 11) is 0. The number of benzene rings is 2. The van der Waals surface area contributed by atoms with Crippen molar-refractivity contribution in [1.29, 1.82) is 0 Å². The molecule has 24 heavy (non-hydrogen) atoms. The Balaban J connectivity index is 2.14. The van der Waals surface area contributed by atoms with Crippen molar-refractivity contribution in [3.63, 3.8) is 0 Å². The van der Waals surface area contributed by atoms with E-state index < -0.39 is 11.7 Å². The van der Waals surface area contributed by atoms with Crippen LogP contribution in [-0.4, -0.2) is 16.8 Å². The minimum Gasteiger partial charge on any atom is -0.336 e. The molecule has 0 heterocycles. The van der Waals surface area contributed by atoms with Crippen LogP contribution in [0.4, 0.5) is 13.2 Å². The van der Waals surface area contributed by atoms with Crippen LogP contribution in [-0.2, 0) is 23.9 Å². The lowest BCUT2D eigenvalue weighted by molar-refractivity contribution is -0.138. The third-order valence-electron chi connectivity index (χ3n) is 3.75. The van der Waals surface area contributed by atoms with Gasteiger partial charge >= 0.3 is 6.18 Å². The number of amides is 1. The smallest absolute Gasteiger partial charge is 0.336 e. The van der Waals surface area contributed by atoms with Crippen LogP contribution in [0.5, 0.6) is 0 Å². The van der Waals surface area contributed by atoms with Gasteiger partial charge in [0.15, 0.2) is 0 Å². The van der Waals surface area contributed by atoms with Crippen LogP contribution in [0.2, 0.25) is 0 Å². The molecule has 0 aliphatic rings. The first kappa shape index (κ1) is 18.0. The first-order valence-electron chi connectivity index (χ1n) is 7.77. The topological polar surface area (TPSA) is 20.3 Å². The Morgan fingerprint density at radius 3 is 2.21 bits per heavy atom. The van der Waals surface area contributed by atoms with Crippen LogP contribution in [0.15, 0.2) is 54.6 Å². The van der Waals surface area contributed by atoms with Gasteiger partial charge < -0.3 is 4.90 Å². The lowest BCUT2D eigenvalue weighted by Crippen LogP contribution is -2.37. The first-order valence-corrected chi connectivity index (χ1v) is 7.77. The third-order valence-corrected chi connectivity index (χ3v) is 3.75. The molecule has 0 fully saturated rings. The minimum absolute atomic E-state index is 0.0384. The molecule has 2 nitrogen and oxygen atoms in total. The molecule has 2 rings (SSSR count). The molecule has 0 atom stereocenters. The maximum atomic E-state index is 12.8. The standard InChI is InChI=1S/C19H20F3NO/c1-14(2)23(13-15-7-4-3-5-8-15)18(24)12-16-9-6-10-17(11-16)19(20,21)22/h3-11,14H,12-13H2,1-2H3. The molecule has 0 bridgehead atoms. The predicted octanol–water partition coefficient (Wildman–Crippen LogP) is 4.69. The van der Waals surface area contributed by atoms with Crippen molar-refractivity contribution in [1.82, 2.24) is 4.90 Å². The number of hydrogen-bond donors (Lipinski definition) is 0. The summed E-state index contributed by atoms with van der Waals surface area (Å²) in [5.41, 5.74) is 0.629. The van der Waals surface area contributed by atoms with E-state index in [-0.39, 0.29) is 18.4 Å². The van der Waals surface area contributed by atoms with E-state index in [1.165, 1.54) is 6.07 Å². The van der Waals surface area contributed by atoms with Crippen LogP contribution in [0.1, 0.15) is 30.5 Å². The van der Waals surface area contributed by atoms with Gasteiger partial charge in [0, 0.05) is 12.6 Å². The van der Waals surface area contributed by atoms with Crippen LogP contribution in [0.3, 0.4) is 0 Å². The summed E-state index contributed by atoms with van der Waals surface area (Å²) in [6.45, 7) is 4.23. The third kappa shape index (κ3) is 4.85. The Bertz CT molecular complexity index is 681. The summed E-state index contributed by atoms with van der Waals surface area (Å²) in [4.78, 5) is 14.2. The second-order valence-electron chi connectivity index (χ2n) is 5.98. The van der Waals surface area contributed by atoms with Crippen molar-refractivity contribution in [2.75, 3.05) is 0 Å². The van der Waals surface area contributed by atoms with Crippen molar-refractivity contribution in [3.05, 3.63) is 71.3 Å². The average Bonchev–Trinajstić information content (AvgIpc) is 2.52. The van der Waals surface area contributed by atoms with Crippen LogP contribution in [0.25, 0.3) is 0 Å². The number of nitrogens with zero attached hydrogens (tertiary/aromatic N) is 1. The van der Waals surface area contributed by atoms with Gasteiger partial charge in [0.2, 0.25) is 5.91 Å². The molecule has 2 aromatic carbocycles. The maximum absolute atomic E-state index is 12.8. The van der Waals surface area contributed by atoms with Gasteiger partial charge in [-0.25, -0.2) is 0 Å². The van der Waals surface area contributed by atoms with Gasteiger partial charge in [-0.1, -0.05) is 48.5 Å². The zero-order chi connectivity index (χ0) is 17.7. The summed E-state index contributed by atoms with van der Waals surface area (Å²) in [5.74, 6) is -0.187. The molecule has 0 saturated carbocycles. The number of alkyl halides is 3. The molecular weight excluding hydrogens is 315 g/mol. The minimum atomic E-state index is -4.40. The van der Waals surface area contributed by atoms with Crippen LogP contribution in [0, 0.1) is 0 Å². The monoisotopic (exact) mass is 335 g/mol. The lowest BCUT2D eigenvalue weighted by Gasteiger charge is -2.27. The van der Waals surface area contributed by atoms with Crippen LogP contribution < -0.4 is 0 Å². The quantitative estimate of drug-likeness (QED) is 0.776. The fourth-order valence-corrected chi connectivity index (χ4v) is 2.47. The Morgan fingerprint density at radius 1 is 1.00 bits per heavy atom. The molecule has 0 N–H and O–H groups in total. The van der Waals surface area contributed by atoms with E-state index in [1.54, 1.807) is 11.0 Å². The highest BCUT2D eigenvalue weighted by molar-refractivity contribution is 5.79. The number of rotatable bonds is 5. The normalized spacial score (nSPS) is 11.6. The van der Waals surface area contributed by atoms with E-state index in [0.29, 0.717) is 12.1 Å². The fourth-order valence-electron chi connectivity index (χ4n) is 2.47. The van der Waals surface area contributed by atoms with Gasteiger partial charge in [-0.15, -0.1) is 0 Å². The molecule has 128 valence electrons. The van der Waals surface area contributed by atoms with Crippen LogP contribution >= 0.6 is 0 Å². The van der Waals surface area contributed by atoms with Gasteiger partial charge in [-0.3, -0.25) is 4.79 Å². The van der Waals surface area contributed by atoms with E-state index in [2.05, 4.69) is 0 Å². The molecule has 5 heteroatoms. The van der Waals surface area contributed by atoms with E-state index in [0.717, 1.165) is 17.7 Å². The Labute approximate surface area is 139 Å². The van der Waals surface area contributed by atoms with E-state index in [9.17, 15) is 18.0 Å². The van der Waals surface area contributed by atoms with E-state index >= 15 is 0 Å². The molecule has 0 aliphatic carbocycles. The molecule has 0 aromatic heterocycles. The highest BCUT2D eigenvalue weighted by Gasteiger charge is 2.30. The second kappa shape index (κ2) is 7.51. The SMILES string of the molecule is CC(C)N(Cc1ccccc1)C(=O)Cc1cccc(C(F)(F)F)c1. The second-order valence-corrected chi connectivity index (χ2v) is 5.98. The molecule has 0 aliphatic heterocycles. The number of carbonyl (C=O) groups excluding carboxylic acids is 1. The molecule has 0 radical (unpaired) electrons. The summed E-state index contributed by atoms with van der Waals surface area (Å²) >= 11 is 0. The van der Waals surface area contributed by atoms with Crippen molar-refractivity contribution >= 4 is 5.91 Å². The van der Waals surface area contributed by atoms with Crippen molar-refractivity contribution < 1.29 is 18.0 Å². The summed E-state index contributed by atoms with van der Waals surface area (Å²) in [6, 6.07) is 14.4. The highest BCUT2D eigenvalue weighted by atomic mass is 19.4. The molecule has 0 unspecified atom stereocenters. The van der Waals surface area contributed by atoms with Gasteiger partial charge in [0.05, 0.1) is 12.0 Å². The fraction of sp³-hybridized carbons (Fsp3) is 0.316. The number of hydrogen-bond acceptors (Lipinski definition) is 1. The summed E-state index contributed by atoms with van der Waals surface area (Å²) in [5, 5.41) is 0. The Morgan fingerprint density at radius 2 is 1.62 bits per heavy atom. The van der Waals surface area contributed by atoms with E-state index in [1.807, 2.05) is 44.2 Å². The number of carbonyl (C=O) groups is 1. The largest absolute Gasteiger partial charge is 0.416 e. The number of halogens is 3. The molecule has 1 amide bonds. The van der Waals surface area contributed by atoms with E-state index in [4.69, 9.17) is 0 Å². The van der Waals surface area contributed by atoms with Crippen molar-refractivity contribution in [3.8, 4) is 0 Å². The molecular formula is C19H20F3NO. The summed E-state index contributed by atoms with van der Waals surface area (Å²) in [6.07, 6.45) is -4.45.